The van der Waals surface area contributed by atoms with E-state index in [0.717, 1.165) is 63.7 Å². The van der Waals surface area contributed by atoms with Gasteiger partial charge in [-0.15, -0.1) is 0 Å². The first-order chi connectivity index (χ1) is 24.2. The minimum atomic E-state index is -0.141. The van der Waals surface area contributed by atoms with Gasteiger partial charge >= 0.3 is 0 Å². The van der Waals surface area contributed by atoms with Crippen molar-refractivity contribution in [1.29, 1.82) is 0 Å². The molecule has 250 valence electrons. The van der Waals surface area contributed by atoms with Crippen LogP contribution in [0.25, 0.3) is 34.2 Å². The summed E-state index contributed by atoms with van der Waals surface area (Å²) in [6.45, 7) is 16.1. The molecule has 4 nitrogen and oxygen atoms in total. The Morgan fingerprint density at radius 2 is 1.48 bits per heavy atom. The molecular formula is C45H43BrN4. The second kappa shape index (κ2) is 14.2. The van der Waals surface area contributed by atoms with Crippen LogP contribution in [0.15, 0.2) is 167 Å². The van der Waals surface area contributed by atoms with Gasteiger partial charge in [-0.05, 0) is 58.8 Å². The fourth-order valence-electron chi connectivity index (χ4n) is 7.06. The number of aromatic nitrogens is 3. The van der Waals surface area contributed by atoms with Gasteiger partial charge in [0.25, 0.3) is 0 Å². The number of halogens is 1. The lowest BCUT2D eigenvalue weighted by Gasteiger charge is -2.31. The van der Waals surface area contributed by atoms with Gasteiger partial charge in [-0.3, -0.25) is 0 Å². The highest BCUT2D eigenvalue weighted by atomic mass is 79.9. The minimum Gasteiger partial charge on any atom is -0.334 e. The Labute approximate surface area is 305 Å². The molecule has 2 atom stereocenters. The SMILES string of the molecule is C=C1/C=C2\C(=C/CC(C)(C)C(=C)/C1=C\CCCC)N(c1cccc(-c3nc(-c4ccccc4)nc(-c4ccccc4)n3)c1)C1C=CC(Br)=CC21. The van der Waals surface area contributed by atoms with Crippen LogP contribution in [-0.2, 0) is 0 Å². The van der Waals surface area contributed by atoms with Crippen molar-refractivity contribution in [3.8, 4) is 34.2 Å². The van der Waals surface area contributed by atoms with Gasteiger partial charge in [0.2, 0.25) is 0 Å². The van der Waals surface area contributed by atoms with E-state index < -0.39 is 0 Å². The number of rotatable bonds is 7. The van der Waals surface area contributed by atoms with Crippen LogP contribution in [0.2, 0.25) is 0 Å². The van der Waals surface area contributed by atoms with E-state index in [2.05, 4.69) is 115 Å². The predicted octanol–water partition coefficient (Wildman–Crippen LogP) is 12.0. The van der Waals surface area contributed by atoms with Crippen molar-refractivity contribution < 1.29 is 0 Å². The van der Waals surface area contributed by atoms with E-state index in [1.54, 1.807) is 0 Å². The van der Waals surface area contributed by atoms with Gasteiger partial charge in [0, 0.05) is 38.5 Å². The van der Waals surface area contributed by atoms with Crippen molar-refractivity contribution in [2.24, 2.45) is 11.3 Å². The summed E-state index contributed by atoms with van der Waals surface area (Å²) in [5, 5.41) is 0. The zero-order chi connectivity index (χ0) is 34.8. The van der Waals surface area contributed by atoms with Crippen LogP contribution in [0, 0.1) is 11.3 Å². The summed E-state index contributed by atoms with van der Waals surface area (Å²) in [6.07, 6.45) is 18.1. The number of anilines is 1. The molecule has 5 heteroatoms. The molecule has 1 saturated heterocycles. The first kappa shape index (κ1) is 33.6. The Morgan fingerprint density at radius 1 is 0.860 bits per heavy atom. The van der Waals surface area contributed by atoms with E-state index in [4.69, 9.17) is 15.0 Å². The molecule has 0 N–H and O–H groups in total. The molecule has 2 heterocycles. The third-order valence-electron chi connectivity index (χ3n) is 9.98. The fraction of sp³-hybridized carbons (Fsp3) is 0.222. The standard InChI is InChI=1S/C45H43BrN4/c1-6-7-10-22-37-30(2)27-38-39-29-35(46)23-24-40(39)50(41(38)25-26-45(4,5)31(37)3)36-21-15-20-34(28-36)44-48-42(32-16-11-8-12-17-32)47-43(49-44)33-18-13-9-14-19-33/h8-9,11-25,27-29,39-40H,2-3,6-7,10,26H2,1,4-5H3/b37-22-,38-27-,41-25+. The van der Waals surface area contributed by atoms with E-state index in [1.807, 2.05) is 60.7 Å². The van der Waals surface area contributed by atoms with Gasteiger partial charge in [-0.2, -0.15) is 0 Å². The van der Waals surface area contributed by atoms with Crippen LogP contribution in [0.3, 0.4) is 0 Å². The van der Waals surface area contributed by atoms with Gasteiger partial charge in [0.15, 0.2) is 17.5 Å². The average Bonchev–Trinajstić information content (AvgIpc) is 3.45. The zero-order valence-corrected chi connectivity index (χ0v) is 30.7. The third-order valence-corrected chi connectivity index (χ3v) is 10.5. The van der Waals surface area contributed by atoms with E-state index >= 15 is 0 Å². The lowest BCUT2D eigenvalue weighted by Crippen LogP contribution is -2.31. The predicted molar refractivity (Wildman–Crippen MR) is 212 cm³/mol. The molecule has 0 spiro atoms. The number of benzene rings is 3. The molecular weight excluding hydrogens is 676 g/mol. The lowest BCUT2D eigenvalue weighted by atomic mass is 9.76. The number of allylic oxidation sites excluding steroid dienone is 9. The van der Waals surface area contributed by atoms with E-state index in [9.17, 15) is 0 Å². The highest BCUT2D eigenvalue weighted by Gasteiger charge is 2.42. The molecule has 0 bridgehead atoms. The van der Waals surface area contributed by atoms with Crippen LogP contribution in [0.1, 0.15) is 46.5 Å². The second-order valence-electron chi connectivity index (χ2n) is 13.9. The monoisotopic (exact) mass is 718 g/mol. The van der Waals surface area contributed by atoms with Crippen LogP contribution in [-0.4, -0.2) is 21.0 Å². The van der Waals surface area contributed by atoms with Gasteiger partial charge in [0.05, 0.1) is 6.04 Å². The quantitative estimate of drug-likeness (QED) is 0.178. The molecule has 4 aromatic rings. The summed E-state index contributed by atoms with van der Waals surface area (Å²) in [7, 11) is 0. The maximum Gasteiger partial charge on any atom is 0.164 e. The number of unbranched alkanes of at least 4 members (excludes halogenated alkanes) is 2. The largest absolute Gasteiger partial charge is 0.334 e. The van der Waals surface area contributed by atoms with E-state index in [0.29, 0.717) is 17.5 Å². The Kier molecular flexibility index (Phi) is 9.52. The number of nitrogens with zero attached hydrogens (tertiary/aromatic N) is 4. The van der Waals surface area contributed by atoms with Gasteiger partial charge in [0.1, 0.15) is 0 Å². The van der Waals surface area contributed by atoms with E-state index in [-0.39, 0.29) is 17.4 Å². The molecule has 2 unspecified atom stereocenters. The van der Waals surface area contributed by atoms with Crippen molar-refractivity contribution >= 4 is 21.6 Å². The maximum atomic E-state index is 5.03. The summed E-state index contributed by atoms with van der Waals surface area (Å²) >= 11 is 3.80. The van der Waals surface area contributed by atoms with Gasteiger partial charge < -0.3 is 4.90 Å². The first-order valence-electron chi connectivity index (χ1n) is 17.6. The molecule has 0 amide bonds. The molecule has 0 saturated carbocycles. The molecule has 0 radical (unpaired) electrons. The van der Waals surface area contributed by atoms with Gasteiger partial charge in [-0.25, -0.2) is 15.0 Å². The van der Waals surface area contributed by atoms with Crippen molar-refractivity contribution in [3.63, 3.8) is 0 Å². The summed E-state index contributed by atoms with van der Waals surface area (Å²) in [4.78, 5) is 17.5. The Bertz CT molecular complexity index is 2040. The van der Waals surface area contributed by atoms with Crippen LogP contribution < -0.4 is 4.90 Å². The zero-order valence-electron chi connectivity index (χ0n) is 29.1. The first-order valence-corrected chi connectivity index (χ1v) is 18.4. The summed E-state index contributed by atoms with van der Waals surface area (Å²) in [5.74, 6) is 2.10. The summed E-state index contributed by atoms with van der Waals surface area (Å²) in [5.41, 5.74) is 9.65. The van der Waals surface area contributed by atoms with Crippen molar-refractivity contribution in [2.75, 3.05) is 4.90 Å². The lowest BCUT2D eigenvalue weighted by molar-refractivity contribution is 0.461. The van der Waals surface area contributed by atoms with Gasteiger partial charge in [-0.1, -0.05) is 166 Å². The van der Waals surface area contributed by atoms with Crippen molar-refractivity contribution in [3.05, 3.63) is 167 Å². The molecule has 50 heavy (non-hydrogen) atoms. The summed E-state index contributed by atoms with van der Waals surface area (Å²) < 4.78 is 1.09. The molecule has 1 aliphatic heterocycles. The second-order valence-corrected chi connectivity index (χ2v) is 14.8. The van der Waals surface area contributed by atoms with Crippen molar-refractivity contribution in [1.82, 2.24) is 15.0 Å². The highest BCUT2D eigenvalue weighted by Crippen LogP contribution is 2.49. The molecule has 1 aromatic heterocycles. The normalized spacial score (nSPS) is 22.8. The Hall–Kier alpha value is -4.87. The molecule has 2 aliphatic carbocycles. The molecule has 3 aliphatic rings. The van der Waals surface area contributed by atoms with Crippen molar-refractivity contribution in [2.45, 2.75) is 52.5 Å². The molecule has 7 rings (SSSR count). The molecule has 1 fully saturated rings. The van der Waals surface area contributed by atoms with Crippen LogP contribution in [0.5, 0.6) is 0 Å². The maximum absolute atomic E-state index is 5.03. The van der Waals surface area contributed by atoms with Crippen LogP contribution in [0.4, 0.5) is 5.69 Å². The highest BCUT2D eigenvalue weighted by molar-refractivity contribution is 9.11. The smallest absolute Gasteiger partial charge is 0.164 e. The fourth-order valence-corrected chi connectivity index (χ4v) is 7.50. The Balaban J connectivity index is 1.36. The number of hydrogen-bond acceptors (Lipinski definition) is 4. The molecule has 3 aromatic carbocycles. The van der Waals surface area contributed by atoms with Crippen LogP contribution >= 0.6 is 15.9 Å². The summed E-state index contributed by atoms with van der Waals surface area (Å²) in [6, 6.07) is 29.0. The minimum absolute atomic E-state index is 0.105. The number of hydrogen-bond donors (Lipinski definition) is 0. The average molecular weight is 720 g/mol. The number of fused-ring (bicyclic) bond motifs is 3. The van der Waals surface area contributed by atoms with E-state index in [1.165, 1.54) is 16.8 Å². The third kappa shape index (κ3) is 6.67. The topological polar surface area (TPSA) is 41.9 Å². The Morgan fingerprint density at radius 3 is 2.12 bits per heavy atom.